The van der Waals surface area contributed by atoms with Crippen molar-refractivity contribution in [3.05, 3.63) is 27.1 Å². The lowest BCUT2D eigenvalue weighted by molar-refractivity contribution is -0.380. The lowest BCUT2D eigenvalue weighted by Gasteiger charge is -2.38. The molecule has 6 nitrogen and oxygen atoms in total. The molecule has 114 valence electrons. The predicted octanol–water partition coefficient (Wildman–Crippen LogP) is 2.87. The molecule has 0 radical (unpaired) electrons. The molecule has 3 rings (SSSR count). The molecule has 2 fully saturated rings. The first-order valence-electron chi connectivity index (χ1n) is 7.22. The Morgan fingerprint density at radius 3 is 2.62 bits per heavy atom. The number of hydrogen-bond donors (Lipinski definition) is 1. The number of carboxylic acids is 1. The van der Waals surface area contributed by atoms with Gasteiger partial charge in [0.05, 0.1) is 4.92 Å². The van der Waals surface area contributed by atoms with Gasteiger partial charge in [-0.1, -0.05) is 11.3 Å². The molecule has 2 unspecified atom stereocenters. The van der Waals surface area contributed by atoms with E-state index in [1.54, 1.807) is 6.07 Å². The van der Waals surface area contributed by atoms with E-state index in [9.17, 15) is 14.9 Å². The summed E-state index contributed by atoms with van der Waals surface area (Å²) in [5.74, 6) is -0.422. The molecule has 2 aliphatic rings. The minimum absolute atomic E-state index is 0.193. The van der Waals surface area contributed by atoms with Crippen molar-refractivity contribution in [3.8, 4) is 0 Å². The second kappa shape index (κ2) is 5.73. The van der Waals surface area contributed by atoms with E-state index in [2.05, 4.69) is 4.90 Å². The molecule has 1 aromatic rings. The Labute approximate surface area is 126 Å². The highest BCUT2D eigenvalue weighted by Crippen LogP contribution is 2.41. The Bertz CT molecular complexity index is 545. The Morgan fingerprint density at radius 2 is 2.10 bits per heavy atom. The maximum atomic E-state index is 10.9. The summed E-state index contributed by atoms with van der Waals surface area (Å²) in [7, 11) is 0. The normalized spacial score (nSPS) is 28.7. The van der Waals surface area contributed by atoms with Gasteiger partial charge in [-0.25, -0.2) is 0 Å². The number of hydrogen-bond acceptors (Lipinski definition) is 5. The van der Waals surface area contributed by atoms with Crippen molar-refractivity contribution >= 4 is 22.3 Å². The van der Waals surface area contributed by atoms with Crippen LogP contribution in [0.25, 0.3) is 0 Å². The standard InChI is InChI=1S/C14H18N2O4S/c17-14(18)6-9-3-11-1-2-12(4-9)15(11)7-10-5-13(16(19)20)21-8-10/h5,8-9,11-12H,1-4,6-7H2,(H,17,18). The van der Waals surface area contributed by atoms with E-state index >= 15 is 0 Å². The Morgan fingerprint density at radius 1 is 1.43 bits per heavy atom. The van der Waals surface area contributed by atoms with Crippen LogP contribution in [0.3, 0.4) is 0 Å². The van der Waals surface area contributed by atoms with Gasteiger partial charge in [0.25, 0.3) is 0 Å². The lowest BCUT2D eigenvalue weighted by atomic mass is 9.88. The van der Waals surface area contributed by atoms with Crippen LogP contribution in [0, 0.1) is 16.0 Å². The number of carbonyl (C=O) groups is 1. The summed E-state index contributed by atoms with van der Waals surface area (Å²) in [6.45, 7) is 0.749. The maximum absolute atomic E-state index is 10.9. The van der Waals surface area contributed by atoms with Gasteiger partial charge in [-0.15, -0.1) is 0 Å². The van der Waals surface area contributed by atoms with Gasteiger partial charge < -0.3 is 5.11 Å². The molecule has 0 amide bonds. The first kappa shape index (κ1) is 14.5. The van der Waals surface area contributed by atoms with Crippen LogP contribution < -0.4 is 0 Å². The molecule has 0 saturated carbocycles. The average molecular weight is 310 g/mol. The highest BCUT2D eigenvalue weighted by Gasteiger charge is 2.41. The smallest absolute Gasteiger partial charge is 0.324 e. The van der Waals surface area contributed by atoms with Crippen molar-refractivity contribution in [2.24, 2.45) is 5.92 Å². The monoisotopic (exact) mass is 310 g/mol. The molecule has 2 atom stereocenters. The second-order valence-electron chi connectivity index (χ2n) is 6.04. The summed E-state index contributed by atoms with van der Waals surface area (Å²) in [5, 5.41) is 21.7. The summed E-state index contributed by atoms with van der Waals surface area (Å²) in [5.41, 5.74) is 1.00. The fraction of sp³-hybridized carbons (Fsp3) is 0.643. The SMILES string of the molecule is O=C(O)CC1CC2CCC(C1)N2Cc1csc([N+](=O)[O-])c1. The van der Waals surface area contributed by atoms with Crippen molar-refractivity contribution in [2.45, 2.75) is 50.7 Å². The topological polar surface area (TPSA) is 83.7 Å². The zero-order chi connectivity index (χ0) is 15.0. The first-order valence-corrected chi connectivity index (χ1v) is 8.10. The van der Waals surface area contributed by atoms with Gasteiger partial charge in [-0.2, -0.15) is 0 Å². The molecule has 0 aromatic carbocycles. The number of thiophene rings is 1. The fourth-order valence-electron chi connectivity index (χ4n) is 3.81. The molecule has 2 bridgehead atoms. The van der Waals surface area contributed by atoms with Gasteiger partial charge in [-0.3, -0.25) is 19.8 Å². The number of rotatable bonds is 5. The summed E-state index contributed by atoms with van der Waals surface area (Å²) in [4.78, 5) is 23.7. The van der Waals surface area contributed by atoms with E-state index in [1.807, 2.05) is 5.38 Å². The number of piperidine rings is 1. The summed E-state index contributed by atoms with van der Waals surface area (Å²) in [6, 6.07) is 2.53. The number of fused-ring (bicyclic) bond motifs is 2. The van der Waals surface area contributed by atoms with E-state index in [0.717, 1.165) is 37.8 Å². The third-order valence-corrected chi connectivity index (χ3v) is 5.56. The third kappa shape index (κ3) is 3.08. The van der Waals surface area contributed by atoms with E-state index in [1.165, 1.54) is 11.3 Å². The first-order chi connectivity index (χ1) is 10.0. The van der Waals surface area contributed by atoms with E-state index in [0.29, 0.717) is 12.1 Å². The van der Waals surface area contributed by atoms with Crippen molar-refractivity contribution in [1.82, 2.24) is 4.90 Å². The largest absolute Gasteiger partial charge is 0.481 e. The van der Waals surface area contributed by atoms with Gasteiger partial charge in [0.2, 0.25) is 0 Å². The number of nitro groups is 1. The molecule has 1 N–H and O–H groups in total. The maximum Gasteiger partial charge on any atom is 0.324 e. The zero-order valence-electron chi connectivity index (χ0n) is 11.6. The third-order valence-electron chi connectivity index (χ3n) is 4.63. The predicted molar refractivity (Wildman–Crippen MR) is 78.3 cm³/mol. The lowest BCUT2D eigenvalue weighted by Crippen LogP contribution is -2.42. The van der Waals surface area contributed by atoms with Crippen LogP contribution in [0.4, 0.5) is 5.00 Å². The van der Waals surface area contributed by atoms with E-state index < -0.39 is 5.97 Å². The molecule has 2 saturated heterocycles. The van der Waals surface area contributed by atoms with Crippen molar-refractivity contribution in [3.63, 3.8) is 0 Å². The molecule has 0 spiro atoms. The van der Waals surface area contributed by atoms with Crippen molar-refractivity contribution in [1.29, 1.82) is 0 Å². The van der Waals surface area contributed by atoms with Gasteiger partial charge >= 0.3 is 11.0 Å². The van der Waals surface area contributed by atoms with Crippen LogP contribution in [0.2, 0.25) is 0 Å². The molecule has 3 heterocycles. The molecule has 21 heavy (non-hydrogen) atoms. The molecular weight excluding hydrogens is 292 g/mol. The number of aliphatic carboxylic acids is 1. The van der Waals surface area contributed by atoms with Crippen LogP contribution >= 0.6 is 11.3 Å². The van der Waals surface area contributed by atoms with E-state index in [-0.39, 0.29) is 22.3 Å². The minimum Gasteiger partial charge on any atom is -0.481 e. The highest BCUT2D eigenvalue weighted by atomic mass is 32.1. The molecule has 1 aromatic heterocycles. The van der Waals surface area contributed by atoms with Gasteiger partial charge in [0.1, 0.15) is 0 Å². The van der Waals surface area contributed by atoms with Gasteiger partial charge in [0.15, 0.2) is 0 Å². The number of nitrogens with zero attached hydrogens (tertiary/aromatic N) is 2. The van der Waals surface area contributed by atoms with Crippen molar-refractivity contribution in [2.75, 3.05) is 0 Å². The summed E-state index contributed by atoms with van der Waals surface area (Å²) >= 11 is 1.17. The molecule has 2 aliphatic heterocycles. The zero-order valence-corrected chi connectivity index (χ0v) is 12.4. The Kier molecular flexibility index (Phi) is 3.95. The molecular formula is C14H18N2O4S. The van der Waals surface area contributed by atoms with Crippen LogP contribution in [0.15, 0.2) is 11.4 Å². The molecule has 0 aliphatic carbocycles. The fourth-order valence-corrected chi connectivity index (χ4v) is 4.53. The van der Waals surface area contributed by atoms with E-state index in [4.69, 9.17) is 5.11 Å². The average Bonchev–Trinajstić information content (AvgIpc) is 2.94. The summed E-state index contributed by atoms with van der Waals surface area (Å²) in [6.07, 6.45) is 4.38. The van der Waals surface area contributed by atoms with Crippen LogP contribution in [0.1, 0.15) is 37.7 Å². The van der Waals surface area contributed by atoms with Crippen molar-refractivity contribution < 1.29 is 14.8 Å². The Balaban J connectivity index is 1.65. The molecule has 7 heteroatoms. The van der Waals surface area contributed by atoms with Crippen LogP contribution in [-0.2, 0) is 11.3 Å². The quantitative estimate of drug-likeness (QED) is 0.668. The minimum atomic E-state index is -0.707. The van der Waals surface area contributed by atoms with Gasteiger partial charge in [-0.05, 0) is 37.2 Å². The second-order valence-corrected chi connectivity index (χ2v) is 6.93. The van der Waals surface area contributed by atoms with Crippen LogP contribution in [-0.4, -0.2) is 33.0 Å². The Hall–Kier alpha value is -1.47. The summed E-state index contributed by atoms with van der Waals surface area (Å²) < 4.78 is 0. The highest BCUT2D eigenvalue weighted by molar-refractivity contribution is 7.13. The van der Waals surface area contributed by atoms with Gasteiger partial charge in [0, 0.05) is 36.5 Å². The van der Waals surface area contributed by atoms with Crippen LogP contribution in [0.5, 0.6) is 0 Å². The number of carboxylic acid groups (broad SMARTS) is 1.